The number of ether oxygens (including phenoxy) is 1. The van der Waals surface area contributed by atoms with Gasteiger partial charge in [-0.2, -0.15) is 0 Å². The first-order valence-electron chi connectivity index (χ1n) is 7.83. The van der Waals surface area contributed by atoms with Crippen LogP contribution in [-0.2, 0) is 19.6 Å². The van der Waals surface area contributed by atoms with Crippen LogP contribution >= 0.6 is 0 Å². The number of carbonyl (C=O) groups excluding carboxylic acids is 1. The van der Waals surface area contributed by atoms with E-state index in [4.69, 9.17) is 10.5 Å². The quantitative estimate of drug-likeness (QED) is 0.646. The summed E-state index contributed by atoms with van der Waals surface area (Å²) in [5.74, 6) is -0.0477. The maximum Gasteiger partial charge on any atom is 0.237 e. The molecule has 0 aromatic carbocycles. The minimum Gasteiger partial charge on any atom is -0.378 e. The zero-order chi connectivity index (χ0) is 16.8. The van der Waals surface area contributed by atoms with Crippen LogP contribution in [-0.4, -0.2) is 63.4 Å². The zero-order valence-electron chi connectivity index (χ0n) is 13.7. The Hall–Kier alpha value is -0.700. The highest BCUT2D eigenvalue weighted by Gasteiger charge is 2.26. The smallest absolute Gasteiger partial charge is 0.237 e. The van der Waals surface area contributed by atoms with E-state index in [0.717, 1.165) is 12.8 Å². The number of likely N-dealkylation sites (tertiary alicyclic amines) is 1. The number of hydrogen-bond acceptors (Lipinski definition) is 5. The lowest BCUT2D eigenvalue weighted by molar-refractivity contribution is -0.131. The van der Waals surface area contributed by atoms with Gasteiger partial charge in [0.05, 0.1) is 25.0 Å². The molecule has 0 aliphatic carbocycles. The van der Waals surface area contributed by atoms with E-state index in [9.17, 15) is 13.2 Å². The summed E-state index contributed by atoms with van der Waals surface area (Å²) in [7, 11) is -3.49. The predicted molar refractivity (Wildman–Crippen MR) is 85.8 cm³/mol. The highest BCUT2D eigenvalue weighted by atomic mass is 32.2. The van der Waals surface area contributed by atoms with Crippen molar-refractivity contribution in [2.75, 3.05) is 32.0 Å². The van der Waals surface area contributed by atoms with Gasteiger partial charge in [0.15, 0.2) is 0 Å². The van der Waals surface area contributed by atoms with Gasteiger partial charge < -0.3 is 15.4 Å². The van der Waals surface area contributed by atoms with Crippen LogP contribution in [0.1, 0.15) is 33.6 Å². The molecular formula is C14H29N3O4S. The van der Waals surface area contributed by atoms with E-state index in [-0.39, 0.29) is 42.9 Å². The van der Waals surface area contributed by atoms with Gasteiger partial charge in [0.1, 0.15) is 0 Å². The molecule has 1 aliphatic rings. The van der Waals surface area contributed by atoms with Gasteiger partial charge in [0.2, 0.25) is 15.9 Å². The first-order valence-corrected chi connectivity index (χ1v) is 9.49. The monoisotopic (exact) mass is 335 g/mol. The summed E-state index contributed by atoms with van der Waals surface area (Å²) in [5, 5.41) is 0. The summed E-state index contributed by atoms with van der Waals surface area (Å²) in [6.07, 6.45) is 1.91. The molecule has 2 atom stereocenters. The summed E-state index contributed by atoms with van der Waals surface area (Å²) in [6.45, 7) is 6.82. The number of piperidine rings is 1. The molecule has 1 fully saturated rings. The molecule has 1 heterocycles. The molecule has 2 unspecified atom stereocenters. The minimum absolute atomic E-state index is 0.0135. The third-order valence-electron chi connectivity index (χ3n) is 3.80. The first kappa shape index (κ1) is 19.3. The van der Waals surface area contributed by atoms with Crippen molar-refractivity contribution in [2.24, 2.45) is 11.7 Å². The van der Waals surface area contributed by atoms with Gasteiger partial charge in [-0.3, -0.25) is 4.79 Å². The molecule has 22 heavy (non-hydrogen) atoms. The van der Waals surface area contributed by atoms with Crippen molar-refractivity contribution in [2.45, 2.75) is 45.8 Å². The van der Waals surface area contributed by atoms with Crippen LogP contribution in [0.2, 0.25) is 0 Å². The van der Waals surface area contributed by atoms with Crippen LogP contribution < -0.4 is 10.5 Å². The average Bonchev–Trinajstić information content (AvgIpc) is 2.44. The molecule has 0 spiro atoms. The van der Waals surface area contributed by atoms with Crippen molar-refractivity contribution < 1.29 is 17.9 Å². The Morgan fingerprint density at radius 3 is 2.68 bits per heavy atom. The van der Waals surface area contributed by atoms with Gasteiger partial charge in [-0.15, -0.1) is 0 Å². The molecule has 1 rings (SSSR count). The molecule has 0 aromatic heterocycles. The van der Waals surface area contributed by atoms with E-state index < -0.39 is 10.0 Å². The molecule has 130 valence electrons. The van der Waals surface area contributed by atoms with E-state index in [1.807, 2.05) is 20.8 Å². The van der Waals surface area contributed by atoms with Gasteiger partial charge >= 0.3 is 0 Å². The average molecular weight is 335 g/mol. The van der Waals surface area contributed by atoms with Gasteiger partial charge in [0, 0.05) is 19.1 Å². The highest BCUT2D eigenvalue weighted by Crippen LogP contribution is 2.18. The second-order valence-corrected chi connectivity index (χ2v) is 8.09. The highest BCUT2D eigenvalue weighted by molar-refractivity contribution is 7.89. The standard InChI is InChI=1S/C14H29N3O4S/c1-11(2)21-7-8-22(19,20)16-9-14(18)17-6-4-5-13(10-17)12(3)15/h11-13,16H,4-10,15H2,1-3H3. The van der Waals surface area contributed by atoms with E-state index in [1.165, 1.54) is 0 Å². The van der Waals surface area contributed by atoms with Gasteiger partial charge in [-0.05, 0) is 39.5 Å². The fraction of sp³-hybridized carbons (Fsp3) is 0.929. The number of rotatable bonds is 8. The van der Waals surface area contributed by atoms with Crippen molar-refractivity contribution >= 4 is 15.9 Å². The second kappa shape index (κ2) is 8.81. The molecule has 0 bridgehead atoms. The Labute approximate surface area is 133 Å². The zero-order valence-corrected chi connectivity index (χ0v) is 14.6. The molecule has 1 aliphatic heterocycles. The van der Waals surface area contributed by atoms with Crippen molar-refractivity contribution in [1.29, 1.82) is 0 Å². The topological polar surface area (TPSA) is 102 Å². The van der Waals surface area contributed by atoms with Gasteiger partial charge in [-0.1, -0.05) is 0 Å². The molecule has 1 amide bonds. The predicted octanol–water partition coefficient (Wildman–Crippen LogP) is -0.0834. The third-order valence-corrected chi connectivity index (χ3v) is 5.09. The van der Waals surface area contributed by atoms with Crippen LogP contribution in [0.25, 0.3) is 0 Å². The minimum atomic E-state index is -3.49. The summed E-state index contributed by atoms with van der Waals surface area (Å²) in [4.78, 5) is 13.8. The third kappa shape index (κ3) is 7.04. The van der Waals surface area contributed by atoms with Crippen molar-refractivity contribution in [3.05, 3.63) is 0 Å². The van der Waals surface area contributed by atoms with Crippen molar-refractivity contribution in [3.63, 3.8) is 0 Å². The number of nitrogens with zero attached hydrogens (tertiary/aromatic N) is 1. The number of carbonyl (C=O) groups is 1. The lowest BCUT2D eigenvalue weighted by Gasteiger charge is -2.34. The molecule has 3 N–H and O–H groups in total. The van der Waals surface area contributed by atoms with Crippen LogP contribution in [0, 0.1) is 5.92 Å². The fourth-order valence-electron chi connectivity index (χ4n) is 2.41. The van der Waals surface area contributed by atoms with Crippen molar-refractivity contribution in [1.82, 2.24) is 9.62 Å². The number of hydrogen-bond donors (Lipinski definition) is 2. The lowest BCUT2D eigenvalue weighted by Crippen LogP contribution is -2.48. The molecule has 0 aromatic rings. The molecule has 0 radical (unpaired) electrons. The van der Waals surface area contributed by atoms with Crippen LogP contribution in [0.15, 0.2) is 0 Å². The SMILES string of the molecule is CC(C)OCCS(=O)(=O)NCC(=O)N1CCCC(C(C)N)C1. The van der Waals surface area contributed by atoms with Gasteiger partial charge in [0.25, 0.3) is 0 Å². The molecule has 8 heteroatoms. The van der Waals surface area contributed by atoms with Gasteiger partial charge in [-0.25, -0.2) is 13.1 Å². The Bertz CT molecular complexity index is 451. The molecule has 0 saturated carbocycles. The Morgan fingerprint density at radius 2 is 2.09 bits per heavy atom. The molecule has 1 saturated heterocycles. The molecular weight excluding hydrogens is 306 g/mol. The Balaban J connectivity index is 2.38. The number of nitrogens with two attached hydrogens (primary N) is 1. The Kier molecular flexibility index (Phi) is 7.75. The Morgan fingerprint density at radius 1 is 1.41 bits per heavy atom. The van der Waals surface area contributed by atoms with E-state index in [2.05, 4.69) is 4.72 Å². The fourth-order valence-corrected chi connectivity index (χ4v) is 3.22. The normalized spacial score (nSPS) is 21.1. The van der Waals surface area contributed by atoms with Crippen molar-refractivity contribution in [3.8, 4) is 0 Å². The largest absolute Gasteiger partial charge is 0.378 e. The van der Waals surface area contributed by atoms with Crippen LogP contribution in [0.3, 0.4) is 0 Å². The first-order chi connectivity index (χ1) is 10.2. The molecule has 7 nitrogen and oxygen atoms in total. The summed E-state index contributed by atoms with van der Waals surface area (Å²) >= 11 is 0. The van der Waals surface area contributed by atoms with E-state index in [1.54, 1.807) is 4.90 Å². The van der Waals surface area contributed by atoms with Crippen LogP contribution in [0.4, 0.5) is 0 Å². The number of sulfonamides is 1. The summed E-state index contributed by atoms with van der Waals surface area (Å²) < 4.78 is 31.1. The second-order valence-electron chi connectivity index (χ2n) is 6.16. The summed E-state index contributed by atoms with van der Waals surface area (Å²) in [6, 6.07) is 0.0421. The lowest BCUT2D eigenvalue weighted by atomic mass is 9.92. The maximum atomic E-state index is 12.1. The van der Waals surface area contributed by atoms with E-state index >= 15 is 0 Å². The van der Waals surface area contributed by atoms with E-state index in [0.29, 0.717) is 13.1 Å². The maximum absolute atomic E-state index is 12.1. The summed E-state index contributed by atoms with van der Waals surface area (Å²) in [5.41, 5.74) is 5.89. The number of nitrogens with one attached hydrogen (secondary N) is 1. The number of amides is 1. The van der Waals surface area contributed by atoms with Crippen LogP contribution in [0.5, 0.6) is 0 Å².